The maximum Gasteiger partial charge on any atom is 0.166 e. The van der Waals surface area contributed by atoms with E-state index in [9.17, 15) is 4.79 Å². The Labute approximate surface area is 147 Å². The Hall–Kier alpha value is -1.61. The molecular formula is C20H23BrO2. The number of Topliss-reactive ketones (excluding diaryl/α,β-unsaturated/α-hetero) is 1. The van der Waals surface area contributed by atoms with Gasteiger partial charge in [0.1, 0.15) is 5.75 Å². The van der Waals surface area contributed by atoms with Crippen LogP contribution in [-0.4, -0.2) is 17.7 Å². The number of aryl methyl sites for hydroxylation is 1. The SMILES string of the molecule is O=C(CCc1ccccc1)c1ccccc1OCCCCCBr. The van der Waals surface area contributed by atoms with Gasteiger partial charge in [-0.1, -0.05) is 58.4 Å². The second-order valence-corrected chi connectivity index (χ2v) is 6.30. The lowest BCUT2D eigenvalue weighted by atomic mass is 10.0. The van der Waals surface area contributed by atoms with Crippen LogP contribution >= 0.6 is 15.9 Å². The fourth-order valence-corrected chi connectivity index (χ4v) is 2.81. The largest absolute Gasteiger partial charge is 0.493 e. The molecule has 3 heteroatoms. The van der Waals surface area contributed by atoms with Crippen LogP contribution in [0.2, 0.25) is 0 Å². The van der Waals surface area contributed by atoms with Crippen LogP contribution in [0.3, 0.4) is 0 Å². The first kappa shape index (κ1) is 17.7. The molecule has 0 atom stereocenters. The molecule has 0 aliphatic heterocycles. The quantitative estimate of drug-likeness (QED) is 0.314. The number of carbonyl (C=O) groups is 1. The van der Waals surface area contributed by atoms with E-state index in [-0.39, 0.29) is 5.78 Å². The normalized spacial score (nSPS) is 10.5. The molecule has 0 radical (unpaired) electrons. The van der Waals surface area contributed by atoms with E-state index in [4.69, 9.17) is 4.74 Å². The van der Waals surface area contributed by atoms with Crippen molar-refractivity contribution < 1.29 is 9.53 Å². The van der Waals surface area contributed by atoms with Gasteiger partial charge in [0.05, 0.1) is 12.2 Å². The van der Waals surface area contributed by atoms with Crippen molar-refractivity contribution >= 4 is 21.7 Å². The van der Waals surface area contributed by atoms with E-state index in [1.807, 2.05) is 42.5 Å². The molecule has 0 saturated carbocycles. The van der Waals surface area contributed by atoms with Gasteiger partial charge in [-0.2, -0.15) is 0 Å². The van der Waals surface area contributed by atoms with E-state index in [2.05, 4.69) is 28.1 Å². The van der Waals surface area contributed by atoms with Crippen LogP contribution in [0.1, 0.15) is 41.6 Å². The van der Waals surface area contributed by atoms with Gasteiger partial charge in [-0.3, -0.25) is 4.79 Å². The van der Waals surface area contributed by atoms with E-state index < -0.39 is 0 Å². The third-order valence-corrected chi connectivity index (χ3v) is 4.27. The lowest BCUT2D eigenvalue weighted by Crippen LogP contribution is -2.06. The van der Waals surface area contributed by atoms with E-state index in [1.165, 1.54) is 5.56 Å². The van der Waals surface area contributed by atoms with Crippen LogP contribution < -0.4 is 4.74 Å². The highest BCUT2D eigenvalue weighted by Gasteiger charge is 2.12. The predicted octanol–water partition coefficient (Wildman–Crippen LogP) is 5.45. The van der Waals surface area contributed by atoms with Crippen molar-refractivity contribution in [3.8, 4) is 5.75 Å². The van der Waals surface area contributed by atoms with Crippen LogP contribution in [0.15, 0.2) is 54.6 Å². The second kappa shape index (κ2) is 10.2. The van der Waals surface area contributed by atoms with Crippen LogP contribution in [-0.2, 0) is 6.42 Å². The molecular weight excluding hydrogens is 352 g/mol. The highest BCUT2D eigenvalue weighted by atomic mass is 79.9. The number of ketones is 1. The van der Waals surface area contributed by atoms with Gasteiger partial charge in [0, 0.05) is 11.8 Å². The second-order valence-electron chi connectivity index (χ2n) is 5.50. The molecule has 0 unspecified atom stereocenters. The Morgan fingerprint density at radius 2 is 1.65 bits per heavy atom. The van der Waals surface area contributed by atoms with Gasteiger partial charge in [-0.05, 0) is 43.4 Å². The molecule has 0 aliphatic carbocycles. The molecule has 23 heavy (non-hydrogen) atoms. The van der Waals surface area contributed by atoms with Gasteiger partial charge in [0.25, 0.3) is 0 Å². The van der Waals surface area contributed by atoms with Crippen LogP contribution in [0.5, 0.6) is 5.75 Å². The molecule has 0 N–H and O–H groups in total. The first-order valence-corrected chi connectivity index (χ1v) is 9.28. The smallest absolute Gasteiger partial charge is 0.166 e. The third-order valence-electron chi connectivity index (χ3n) is 3.71. The summed E-state index contributed by atoms with van der Waals surface area (Å²) < 4.78 is 5.82. The summed E-state index contributed by atoms with van der Waals surface area (Å²) >= 11 is 3.43. The molecule has 0 saturated heterocycles. The van der Waals surface area contributed by atoms with Gasteiger partial charge in [0.2, 0.25) is 0 Å². The number of rotatable bonds is 10. The minimum absolute atomic E-state index is 0.143. The Bertz CT molecular complexity index is 596. The number of benzene rings is 2. The molecule has 0 heterocycles. The summed E-state index contributed by atoms with van der Waals surface area (Å²) in [4.78, 5) is 12.5. The van der Waals surface area contributed by atoms with Gasteiger partial charge in [-0.15, -0.1) is 0 Å². The Morgan fingerprint density at radius 1 is 0.913 bits per heavy atom. The summed E-state index contributed by atoms with van der Waals surface area (Å²) in [5.74, 6) is 0.856. The summed E-state index contributed by atoms with van der Waals surface area (Å²) in [7, 11) is 0. The Balaban J connectivity index is 1.89. The summed E-state index contributed by atoms with van der Waals surface area (Å²) in [6.45, 7) is 0.663. The van der Waals surface area contributed by atoms with Gasteiger partial charge in [0.15, 0.2) is 5.78 Å². The maximum atomic E-state index is 12.5. The third kappa shape index (κ3) is 6.19. The molecule has 0 aromatic heterocycles. The minimum atomic E-state index is 0.143. The van der Waals surface area contributed by atoms with Crippen LogP contribution in [0.4, 0.5) is 0 Å². The minimum Gasteiger partial charge on any atom is -0.493 e. The topological polar surface area (TPSA) is 26.3 Å². The number of unbranched alkanes of at least 4 members (excludes halogenated alkanes) is 2. The number of hydrogen-bond acceptors (Lipinski definition) is 2. The Kier molecular flexibility index (Phi) is 7.88. The summed E-state index contributed by atoms with van der Waals surface area (Å²) in [5, 5.41) is 1.03. The number of carbonyl (C=O) groups excluding carboxylic acids is 1. The number of hydrogen-bond donors (Lipinski definition) is 0. The highest BCUT2D eigenvalue weighted by Crippen LogP contribution is 2.21. The molecule has 2 rings (SSSR count). The van der Waals surface area contributed by atoms with E-state index in [1.54, 1.807) is 0 Å². The average molecular weight is 375 g/mol. The summed E-state index contributed by atoms with van der Waals surface area (Å²) in [6, 6.07) is 17.7. The van der Waals surface area contributed by atoms with Crippen molar-refractivity contribution in [2.75, 3.05) is 11.9 Å². The molecule has 2 aromatic rings. The molecule has 2 nitrogen and oxygen atoms in total. The maximum absolute atomic E-state index is 12.5. The zero-order valence-electron chi connectivity index (χ0n) is 13.3. The van der Waals surface area contributed by atoms with Gasteiger partial charge >= 0.3 is 0 Å². The average Bonchev–Trinajstić information content (AvgIpc) is 2.61. The van der Waals surface area contributed by atoms with Crippen molar-refractivity contribution in [3.05, 3.63) is 65.7 Å². The molecule has 0 bridgehead atoms. The lowest BCUT2D eigenvalue weighted by Gasteiger charge is -2.10. The van der Waals surface area contributed by atoms with E-state index >= 15 is 0 Å². The highest BCUT2D eigenvalue weighted by molar-refractivity contribution is 9.09. The monoisotopic (exact) mass is 374 g/mol. The fraction of sp³-hybridized carbons (Fsp3) is 0.350. The summed E-state index contributed by atoms with van der Waals surface area (Å²) in [6.07, 6.45) is 4.57. The number of halogens is 1. The van der Waals surface area contributed by atoms with Crippen molar-refractivity contribution in [2.24, 2.45) is 0 Å². The van der Waals surface area contributed by atoms with Crippen molar-refractivity contribution in [3.63, 3.8) is 0 Å². The van der Waals surface area contributed by atoms with Gasteiger partial charge < -0.3 is 4.74 Å². The molecule has 0 spiro atoms. The molecule has 2 aromatic carbocycles. The van der Waals surface area contributed by atoms with Crippen molar-refractivity contribution in [1.29, 1.82) is 0 Å². The first-order chi connectivity index (χ1) is 11.3. The Morgan fingerprint density at radius 3 is 2.43 bits per heavy atom. The number of ether oxygens (including phenoxy) is 1. The van der Waals surface area contributed by atoms with E-state index in [0.717, 1.165) is 31.0 Å². The number of para-hydroxylation sites is 1. The zero-order chi connectivity index (χ0) is 16.3. The van der Waals surface area contributed by atoms with Gasteiger partial charge in [-0.25, -0.2) is 0 Å². The van der Waals surface area contributed by atoms with Crippen molar-refractivity contribution in [2.45, 2.75) is 32.1 Å². The standard InChI is InChI=1S/C20H23BrO2/c21-15-7-2-8-16-23-20-12-6-5-11-18(20)19(22)14-13-17-9-3-1-4-10-17/h1,3-6,9-12H,2,7-8,13-16H2. The fourth-order valence-electron chi connectivity index (χ4n) is 2.42. The summed E-state index contributed by atoms with van der Waals surface area (Å²) in [5.41, 5.74) is 1.89. The van der Waals surface area contributed by atoms with Crippen LogP contribution in [0.25, 0.3) is 0 Å². The predicted molar refractivity (Wildman–Crippen MR) is 98.7 cm³/mol. The van der Waals surface area contributed by atoms with E-state index in [0.29, 0.717) is 24.3 Å². The first-order valence-electron chi connectivity index (χ1n) is 8.16. The van der Waals surface area contributed by atoms with Crippen molar-refractivity contribution in [1.82, 2.24) is 0 Å². The molecule has 0 amide bonds. The molecule has 0 aliphatic rings. The zero-order valence-corrected chi connectivity index (χ0v) is 14.9. The number of alkyl halides is 1. The molecule has 0 fully saturated rings. The lowest BCUT2D eigenvalue weighted by molar-refractivity contribution is 0.0978. The van der Waals surface area contributed by atoms with Crippen LogP contribution in [0, 0.1) is 0 Å². The molecule has 122 valence electrons.